The number of phenols is 1. The van der Waals surface area contributed by atoms with Gasteiger partial charge in [-0.05, 0) is 30.3 Å². The number of nitrogens with one attached hydrogen (secondary N) is 1. The fourth-order valence-electron chi connectivity index (χ4n) is 2.85. The summed E-state index contributed by atoms with van der Waals surface area (Å²) in [4.78, 5) is 0. The van der Waals surface area contributed by atoms with E-state index in [1.807, 2.05) is 0 Å². The Labute approximate surface area is 140 Å². The fourth-order valence-corrected chi connectivity index (χ4v) is 2.85. The minimum atomic E-state index is 0.0171. The predicted molar refractivity (Wildman–Crippen MR) is 89.2 cm³/mol. The molecule has 0 aliphatic heterocycles. The van der Waals surface area contributed by atoms with Crippen molar-refractivity contribution in [3.05, 3.63) is 30.0 Å². The van der Waals surface area contributed by atoms with E-state index in [1.165, 1.54) is 12.3 Å². The molecule has 0 fully saturated rings. The van der Waals surface area contributed by atoms with Gasteiger partial charge >= 0.3 is 0 Å². The van der Waals surface area contributed by atoms with Crippen LogP contribution in [0.3, 0.4) is 0 Å². The van der Waals surface area contributed by atoms with E-state index in [1.54, 1.807) is 12.1 Å². The van der Waals surface area contributed by atoms with Crippen molar-refractivity contribution in [2.75, 3.05) is 12.3 Å². The van der Waals surface area contributed by atoms with Crippen LogP contribution in [0, 0.1) is 0 Å². The van der Waals surface area contributed by atoms with Crippen molar-refractivity contribution in [1.82, 2.24) is 30.8 Å². The monoisotopic (exact) mass is 338 g/mol. The van der Waals surface area contributed by atoms with E-state index in [-0.39, 0.29) is 5.75 Å². The predicted octanol–water partition coefficient (Wildman–Crippen LogP) is 0.859. The van der Waals surface area contributed by atoms with E-state index < -0.39 is 0 Å². The highest BCUT2D eigenvalue weighted by Crippen LogP contribution is 2.43. The van der Waals surface area contributed by atoms with Gasteiger partial charge in [0.1, 0.15) is 17.2 Å². The Kier molecular flexibility index (Phi) is 3.51. The lowest BCUT2D eigenvalue weighted by Gasteiger charge is -2.16. The lowest BCUT2D eigenvalue weighted by molar-refractivity contribution is 0.469. The summed E-state index contributed by atoms with van der Waals surface area (Å²) in [6, 6.07) is 4.99. The molecule has 0 radical (unpaired) electrons. The normalized spacial score (nSPS) is 11.2. The molecule has 6 N–H and O–H groups in total. The summed E-state index contributed by atoms with van der Waals surface area (Å²) in [5, 5.41) is 32.6. The van der Waals surface area contributed by atoms with E-state index in [4.69, 9.17) is 15.9 Å². The topological polar surface area (TPSA) is 166 Å². The summed E-state index contributed by atoms with van der Waals surface area (Å²) >= 11 is 0. The summed E-state index contributed by atoms with van der Waals surface area (Å²) in [6.07, 6.45) is 1.94. The van der Waals surface area contributed by atoms with Gasteiger partial charge < -0.3 is 21.0 Å². The van der Waals surface area contributed by atoms with Crippen LogP contribution in [-0.4, -0.2) is 42.5 Å². The molecule has 0 saturated heterocycles. The SMILES string of the molecule is NCCc1c(O)cc(N)c(-c2ccco2)c1-c1nnnc2n[nH]nc12. The van der Waals surface area contributed by atoms with Crippen LogP contribution in [-0.2, 0) is 6.42 Å². The summed E-state index contributed by atoms with van der Waals surface area (Å²) in [5.41, 5.74) is 15.0. The Balaban J connectivity index is 2.13. The molecule has 126 valence electrons. The van der Waals surface area contributed by atoms with Crippen LogP contribution in [0.2, 0.25) is 0 Å². The van der Waals surface area contributed by atoms with Crippen molar-refractivity contribution in [3.8, 4) is 28.3 Å². The van der Waals surface area contributed by atoms with Gasteiger partial charge in [0.25, 0.3) is 0 Å². The Morgan fingerprint density at radius 3 is 2.84 bits per heavy atom. The van der Waals surface area contributed by atoms with Gasteiger partial charge in [-0.25, -0.2) is 0 Å². The second kappa shape index (κ2) is 5.83. The van der Waals surface area contributed by atoms with Crippen molar-refractivity contribution in [1.29, 1.82) is 0 Å². The molecule has 10 nitrogen and oxygen atoms in total. The number of nitrogens with zero attached hydrogens (tertiary/aromatic N) is 5. The molecule has 0 saturated carbocycles. The molecule has 3 aromatic heterocycles. The number of fused-ring (bicyclic) bond motifs is 1. The van der Waals surface area contributed by atoms with Gasteiger partial charge in [-0.15, -0.1) is 15.3 Å². The second-order valence-corrected chi connectivity index (χ2v) is 5.36. The summed E-state index contributed by atoms with van der Waals surface area (Å²) in [5.74, 6) is 0.546. The highest BCUT2D eigenvalue weighted by atomic mass is 16.3. The maximum atomic E-state index is 10.4. The number of nitrogen functional groups attached to an aromatic ring is 1. The quantitative estimate of drug-likeness (QED) is 0.394. The first-order chi connectivity index (χ1) is 12.2. The smallest absolute Gasteiger partial charge is 0.227 e. The maximum Gasteiger partial charge on any atom is 0.227 e. The number of hydrogen-bond acceptors (Lipinski definition) is 9. The summed E-state index contributed by atoms with van der Waals surface area (Å²) in [7, 11) is 0. The molecule has 0 atom stereocenters. The zero-order valence-electron chi connectivity index (χ0n) is 13.0. The fraction of sp³-hybridized carbons (Fsp3) is 0.133. The zero-order valence-corrected chi connectivity index (χ0v) is 13.0. The number of nitrogens with two attached hydrogens (primary N) is 2. The number of phenolic OH excluding ortho intramolecular Hbond substituents is 1. The molecule has 4 aromatic rings. The van der Waals surface area contributed by atoms with Gasteiger partial charge in [-0.1, -0.05) is 0 Å². The van der Waals surface area contributed by atoms with Gasteiger partial charge in [0.15, 0.2) is 5.52 Å². The van der Waals surface area contributed by atoms with Gasteiger partial charge in [-0.2, -0.15) is 10.3 Å². The van der Waals surface area contributed by atoms with Crippen molar-refractivity contribution in [2.24, 2.45) is 5.73 Å². The summed E-state index contributed by atoms with van der Waals surface area (Å²) < 4.78 is 5.53. The molecule has 0 spiro atoms. The van der Waals surface area contributed by atoms with E-state index in [9.17, 15) is 5.11 Å². The van der Waals surface area contributed by atoms with Crippen LogP contribution in [0.25, 0.3) is 33.7 Å². The first-order valence-electron chi connectivity index (χ1n) is 7.49. The standard InChI is InChI=1S/C15H14N8O2/c16-4-3-7-9(24)6-8(17)12(10-2-1-5-25-10)11(7)13-14-15(20-22-18-13)21-23-19-14/h1-2,5-6,24H,3-4,16-17H2,(H,18,19,20,21,23). The highest BCUT2D eigenvalue weighted by Gasteiger charge is 2.25. The van der Waals surface area contributed by atoms with Gasteiger partial charge in [0.2, 0.25) is 5.65 Å². The minimum Gasteiger partial charge on any atom is -0.508 e. The molecule has 0 aliphatic rings. The average Bonchev–Trinajstić information content (AvgIpc) is 3.27. The molecule has 0 amide bonds. The number of hydrogen-bond donors (Lipinski definition) is 4. The van der Waals surface area contributed by atoms with E-state index in [2.05, 4.69) is 30.8 Å². The molecule has 10 heteroatoms. The second-order valence-electron chi connectivity index (χ2n) is 5.36. The van der Waals surface area contributed by atoms with Crippen molar-refractivity contribution < 1.29 is 9.52 Å². The largest absolute Gasteiger partial charge is 0.508 e. The number of benzene rings is 1. The molecule has 0 unspecified atom stereocenters. The van der Waals surface area contributed by atoms with Crippen LogP contribution < -0.4 is 11.5 Å². The first kappa shape index (κ1) is 15.0. The third-order valence-corrected chi connectivity index (χ3v) is 3.88. The zero-order chi connectivity index (χ0) is 17.4. The van der Waals surface area contributed by atoms with Crippen molar-refractivity contribution >= 4 is 16.9 Å². The number of aromatic hydroxyl groups is 1. The number of aromatic nitrogens is 6. The molecule has 1 aromatic carbocycles. The van der Waals surface area contributed by atoms with Gasteiger partial charge in [0, 0.05) is 22.9 Å². The van der Waals surface area contributed by atoms with Crippen LogP contribution in [0.1, 0.15) is 5.56 Å². The van der Waals surface area contributed by atoms with E-state index in [0.29, 0.717) is 58.0 Å². The van der Waals surface area contributed by atoms with Gasteiger partial charge in [-0.3, -0.25) is 0 Å². The third-order valence-electron chi connectivity index (χ3n) is 3.88. The molecular formula is C15H14N8O2. The van der Waals surface area contributed by atoms with Crippen LogP contribution in [0.4, 0.5) is 5.69 Å². The molecule has 25 heavy (non-hydrogen) atoms. The van der Waals surface area contributed by atoms with Gasteiger partial charge in [0.05, 0.1) is 11.8 Å². The molecular weight excluding hydrogens is 324 g/mol. The lowest BCUT2D eigenvalue weighted by atomic mass is 9.92. The van der Waals surface area contributed by atoms with Crippen molar-refractivity contribution in [2.45, 2.75) is 6.42 Å². The number of anilines is 1. The number of aromatic amines is 1. The molecule has 0 bridgehead atoms. The highest BCUT2D eigenvalue weighted by molar-refractivity contribution is 5.98. The average molecular weight is 338 g/mol. The molecule has 0 aliphatic carbocycles. The summed E-state index contributed by atoms with van der Waals surface area (Å²) in [6.45, 7) is 0.322. The Morgan fingerprint density at radius 2 is 2.08 bits per heavy atom. The lowest BCUT2D eigenvalue weighted by Crippen LogP contribution is -2.08. The van der Waals surface area contributed by atoms with Crippen LogP contribution in [0.5, 0.6) is 5.75 Å². The molecule has 4 rings (SSSR count). The minimum absolute atomic E-state index is 0.0171. The first-order valence-corrected chi connectivity index (χ1v) is 7.49. The maximum absolute atomic E-state index is 10.4. The van der Waals surface area contributed by atoms with Crippen LogP contribution >= 0.6 is 0 Å². The third kappa shape index (κ3) is 2.35. The molecule has 3 heterocycles. The van der Waals surface area contributed by atoms with E-state index >= 15 is 0 Å². The van der Waals surface area contributed by atoms with Crippen LogP contribution in [0.15, 0.2) is 28.9 Å². The number of furan rings is 1. The van der Waals surface area contributed by atoms with E-state index in [0.717, 1.165) is 0 Å². The van der Waals surface area contributed by atoms with Crippen molar-refractivity contribution in [3.63, 3.8) is 0 Å². The number of H-pyrrole nitrogens is 1. The Hall–Kier alpha value is -3.53. The Bertz CT molecular complexity index is 1040. The Morgan fingerprint density at radius 1 is 1.20 bits per heavy atom. The number of rotatable bonds is 4.